The van der Waals surface area contributed by atoms with Gasteiger partial charge in [-0.1, -0.05) is 30.3 Å². The Labute approximate surface area is 163 Å². The van der Waals surface area contributed by atoms with Gasteiger partial charge in [-0.15, -0.1) is 0 Å². The number of hydrogen-bond donors (Lipinski definition) is 1. The third-order valence-corrected chi connectivity index (χ3v) is 4.27. The normalized spacial score (nSPS) is 11.5. The highest BCUT2D eigenvalue weighted by Crippen LogP contribution is 2.16. The molecule has 1 atom stereocenters. The van der Waals surface area contributed by atoms with Gasteiger partial charge in [0.2, 0.25) is 0 Å². The van der Waals surface area contributed by atoms with Crippen LogP contribution in [-0.2, 0) is 4.79 Å². The lowest BCUT2D eigenvalue weighted by atomic mass is 10.0. The molecule has 28 heavy (non-hydrogen) atoms. The minimum absolute atomic E-state index is 0.118. The molecule has 0 aliphatic carbocycles. The predicted octanol–water partition coefficient (Wildman–Crippen LogP) is 4.31. The Bertz CT molecular complexity index is 938. The molecule has 142 valence electrons. The largest absolute Gasteiger partial charge is 0.484 e. The average Bonchev–Trinajstić information content (AvgIpc) is 2.73. The lowest BCUT2D eigenvalue weighted by Gasteiger charge is -2.14. The van der Waals surface area contributed by atoms with Crippen LogP contribution in [0.4, 0.5) is 4.39 Å². The maximum absolute atomic E-state index is 13.0. The number of hydrogen-bond acceptors (Lipinski definition) is 3. The Morgan fingerprint density at radius 3 is 2.07 bits per heavy atom. The predicted molar refractivity (Wildman–Crippen MR) is 105 cm³/mol. The molecule has 3 aromatic carbocycles. The molecule has 0 aliphatic rings. The summed E-state index contributed by atoms with van der Waals surface area (Å²) in [4.78, 5) is 24.4. The first-order chi connectivity index (χ1) is 13.5. The summed E-state index contributed by atoms with van der Waals surface area (Å²) in [5.41, 5.74) is 1.88. The zero-order valence-electron chi connectivity index (χ0n) is 15.4. The maximum atomic E-state index is 13.0. The van der Waals surface area contributed by atoms with E-state index < -0.39 is 0 Å². The number of ether oxygens (including phenoxy) is 1. The summed E-state index contributed by atoms with van der Waals surface area (Å²) in [6.07, 6.45) is 0. The van der Waals surface area contributed by atoms with Crippen LogP contribution in [-0.4, -0.2) is 18.3 Å². The number of rotatable bonds is 7. The van der Waals surface area contributed by atoms with Crippen LogP contribution in [0.15, 0.2) is 78.9 Å². The first-order valence-corrected chi connectivity index (χ1v) is 8.90. The van der Waals surface area contributed by atoms with Crippen molar-refractivity contribution in [3.05, 3.63) is 101 Å². The topological polar surface area (TPSA) is 55.4 Å². The second-order valence-electron chi connectivity index (χ2n) is 6.35. The van der Waals surface area contributed by atoms with Crippen LogP contribution >= 0.6 is 0 Å². The Balaban J connectivity index is 1.53. The zero-order valence-corrected chi connectivity index (χ0v) is 15.4. The van der Waals surface area contributed by atoms with E-state index in [1.807, 2.05) is 37.3 Å². The van der Waals surface area contributed by atoms with Crippen LogP contribution in [0.3, 0.4) is 0 Å². The number of carbonyl (C=O) groups is 2. The number of halogens is 1. The molecule has 0 aromatic heterocycles. The van der Waals surface area contributed by atoms with E-state index in [1.165, 1.54) is 24.3 Å². The lowest BCUT2D eigenvalue weighted by Crippen LogP contribution is -2.31. The Morgan fingerprint density at radius 1 is 0.893 bits per heavy atom. The van der Waals surface area contributed by atoms with Gasteiger partial charge in [0.1, 0.15) is 11.6 Å². The molecule has 1 N–H and O–H groups in total. The molecule has 0 radical (unpaired) electrons. The summed E-state index contributed by atoms with van der Waals surface area (Å²) in [6, 6.07) is 21.4. The molecular weight excluding hydrogens is 357 g/mol. The quantitative estimate of drug-likeness (QED) is 0.624. The summed E-state index contributed by atoms with van der Waals surface area (Å²) >= 11 is 0. The summed E-state index contributed by atoms with van der Waals surface area (Å²) in [6.45, 7) is 1.78. The maximum Gasteiger partial charge on any atom is 0.258 e. The standard InChI is InChI=1S/C23H20FNO3/c1-16(17-5-3-2-4-6-17)25-22(26)15-28-21-13-9-19(10-14-21)23(27)18-7-11-20(24)12-8-18/h2-14,16H,15H2,1H3,(H,25,26). The minimum Gasteiger partial charge on any atom is -0.484 e. The van der Waals surface area contributed by atoms with E-state index in [2.05, 4.69) is 5.32 Å². The van der Waals surface area contributed by atoms with Gasteiger partial charge in [0.25, 0.3) is 5.91 Å². The minimum atomic E-state index is -0.389. The molecule has 0 heterocycles. The van der Waals surface area contributed by atoms with Crippen molar-refractivity contribution >= 4 is 11.7 Å². The fourth-order valence-corrected chi connectivity index (χ4v) is 2.73. The number of ketones is 1. The Kier molecular flexibility index (Phi) is 6.17. The van der Waals surface area contributed by atoms with Gasteiger partial charge >= 0.3 is 0 Å². The third kappa shape index (κ3) is 5.04. The smallest absolute Gasteiger partial charge is 0.258 e. The third-order valence-electron chi connectivity index (χ3n) is 4.27. The Hall–Kier alpha value is -3.47. The van der Waals surface area contributed by atoms with Crippen LogP contribution < -0.4 is 10.1 Å². The number of carbonyl (C=O) groups excluding carboxylic acids is 2. The van der Waals surface area contributed by atoms with Gasteiger partial charge in [0.05, 0.1) is 6.04 Å². The molecule has 0 saturated carbocycles. The summed E-state index contributed by atoms with van der Waals surface area (Å²) in [7, 11) is 0. The second-order valence-corrected chi connectivity index (χ2v) is 6.35. The van der Waals surface area contributed by atoms with Gasteiger partial charge in [0.15, 0.2) is 12.4 Å². The van der Waals surface area contributed by atoms with Gasteiger partial charge in [-0.25, -0.2) is 4.39 Å². The van der Waals surface area contributed by atoms with Crippen molar-refractivity contribution in [2.75, 3.05) is 6.61 Å². The highest BCUT2D eigenvalue weighted by molar-refractivity contribution is 6.09. The van der Waals surface area contributed by atoms with Crippen LogP contribution in [0.25, 0.3) is 0 Å². The van der Waals surface area contributed by atoms with E-state index in [0.29, 0.717) is 16.9 Å². The average molecular weight is 377 g/mol. The van der Waals surface area contributed by atoms with Crippen molar-refractivity contribution < 1.29 is 18.7 Å². The number of amides is 1. The highest BCUT2D eigenvalue weighted by Gasteiger charge is 2.11. The molecule has 1 amide bonds. The van der Waals surface area contributed by atoms with Crippen LogP contribution in [0, 0.1) is 5.82 Å². The van der Waals surface area contributed by atoms with Gasteiger partial charge in [0, 0.05) is 11.1 Å². The monoisotopic (exact) mass is 377 g/mol. The fraction of sp³-hybridized carbons (Fsp3) is 0.130. The Morgan fingerprint density at radius 2 is 1.46 bits per heavy atom. The number of nitrogens with one attached hydrogen (secondary N) is 1. The highest BCUT2D eigenvalue weighted by atomic mass is 19.1. The molecular formula is C23H20FNO3. The second kappa shape index (κ2) is 8.95. The molecule has 4 nitrogen and oxygen atoms in total. The lowest BCUT2D eigenvalue weighted by molar-refractivity contribution is -0.123. The summed E-state index contributed by atoms with van der Waals surface area (Å²) < 4.78 is 18.5. The van der Waals surface area contributed by atoms with Crippen LogP contribution in [0.5, 0.6) is 5.75 Å². The molecule has 0 saturated heterocycles. The molecule has 5 heteroatoms. The molecule has 0 spiro atoms. The van der Waals surface area contributed by atoms with Crippen LogP contribution in [0.1, 0.15) is 34.5 Å². The van der Waals surface area contributed by atoms with Crippen molar-refractivity contribution in [3.8, 4) is 5.75 Å². The summed E-state index contributed by atoms with van der Waals surface area (Å²) in [5, 5.41) is 2.87. The van der Waals surface area contributed by atoms with Gasteiger partial charge in [-0.05, 0) is 61.0 Å². The molecule has 0 aliphatic heterocycles. The van der Waals surface area contributed by atoms with Crippen molar-refractivity contribution in [3.63, 3.8) is 0 Å². The van der Waals surface area contributed by atoms with Gasteiger partial charge < -0.3 is 10.1 Å². The first kappa shape index (κ1) is 19.3. The SMILES string of the molecule is CC(NC(=O)COc1ccc(C(=O)c2ccc(F)cc2)cc1)c1ccccc1. The van der Waals surface area contributed by atoms with Crippen LogP contribution in [0.2, 0.25) is 0 Å². The summed E-state index contributed by atoms with van der Waals surface area (Å²) in [5.74, 6) is -0.345. The van der Waals surface area contributed by atoms with Gasteiger partial charge in [-0.2, -0.15) is 0 Å². The van der Waals surface area contributed by atoms with Crippen molar-refractivity contribution in [1.29, 1.82) is 0 Å². The molecule has 0 fully saturated rings. The molecule has 1 unspecified atom stereocenters. The molecule has 3 aromatic rings. The van der Waals surface area contributed by atoms with E-state index in [4.69, 9.17) is 4.74 Å². The van der Waals surface area contributed by atoms with Crippen molar-refractivity contribution in [2.24, 2.45) is 0 Å². The van der Waals surface area contributed by atoms with E-state index in [-0.39, 0.29) is 30.2 Å². The van der Waals surface area contributed by atoms with Crippen molar-refractivity contribution in [2.45, 2.75) is 13.0 Å². The van der Waals surface area contributed by atoms with E-state index in [9.17, 15) is 14.0 Å². The van der Waals surface area contributed by atoms with Crippen molar-refractivity contribution in [1.82, 2.24) is 5.32 Å². The van der Waals surface area contributed by atoms with E-state index >= 15 is 0 Å². The van der Waals surface area contributed by atoms with E-state index in [1.54, 1.807) is 24.3 Å². The van der Waals surface area contributed by atoms with Gasteiger partial charge in [-0.3, -0.25) is 9.59 Å². The molecule has 0 bridgehead atoms. The first-order valence-electron chi connectivity index (χ1n) is 8.90. The zero-order chi connectivity index (χ0) is 19.9. The fourth-order valence-electron chi connectivity index (χ4n) is 2.73. The molecule has 3 rings (SSSR count). The van der Waals surface area contributed by atoms with E-state index in [0.717, 1.165) is 5.56 Å². The number of benzene rings is 3.